The van der Waals surface area contributed by atoms with E-state index in [9.17, 15) is 4.79 Å². The van der Waals surface area contributed by atoms with Gasteiger partial charge < -0.3 is 5.32 Å². The van der Waals surface area contributed by atoms with E-state index in [0.29, 0.717) is 5.25 Å². The lowest BCUT2D eigenvalue weighted by molar-refractivity contribution is 0.0954. The van der Waals surface area contributed by atoms with Crippen LogP contribution in [-0.2, 0) is 0 Å². The lowest BCUT2D eigenvalue weighted by atomic mass is 10.2. The first-order valence-electron chi connectivity index (χ1n) is 4.60. The number of carbonyl (C=O) groups excluding carboxylic acids is 1. The number of carbonyl (C=O) groups is 1. The number of rotatable bonds is 4. The van der Waals surface area contributed by atoms with E-state index in [4.69, 9.17) is 0 Å². The number of hydrogen-bond donors (Lipinski definition) is 1. The Labute approximate surface area is 89.1 Å². The van der Waals surface area contributed by atoms with Crippen LogP contribution in [0.15, 0.2) is 30.3 Å². The summed E-state index contributed by atoms with van der Waals surface area (Å²) in [7, 11) is 0. The molecule has 1 atom stereocenters. The molecule has 0 heterocycles. The first kappa shape index (κ1) is 11.1. The summed E-state index contributed by atoms with van der Waals surface area (Å²) in [6.45, 7) is 2.81. The van der Waals surface area contributed by atoms with Gasteiger partial charge in [0.1, 0.15) is 0 Å². The maximum Gasteiger partial charge on any atom is 0.251 e. The Hall–Kier alpha value is -0.960. The molecule has 0 radical (unpaired) electrons. The van der Waals surface area contributed by atoms with E-state index in [0.717, 1.165) is 12.1 Å². The maximum absolute atomic E-state index is 11.5. The van der Waals surface area contributed by atoms with Gasteiger partial charge in [0, 0.05) is 17.4 Å². The molecule has 0 bridgehead atoms. The summed E-state index contributed by atoms with van der Waals surface area (Å²) < 4.78 is 0. The third-order valence-corrected chi connectivity index (χ3v) is 2.96. The van der Waals surface area contributed by atoms with Crippen LogP contribution in [0.25, 0.3) is 0 Å². The van der Waals surface area contributed by atoms with Crippen molar-refractivity contribution in [2.45, 2.75) is 12.2 Å². The second-order valence-electron chi connectivity index (χ2n) is 3.12. The molecule has 0 fully saturated rings. The van der Waals surface area contributed by atoms with Gasteiger partial charge in [-0.3, -0.25) is 4.79 Å². The Morgan fingerprint density at radius 1 is 1.43 bits per heavy atom. The van der Waals surface area contributed by atoms with Crippen LogP contribution in [0.2, 0.25) is 0 Å². The van der Waals surface area contributed by atoms with Crippen molar-refractivity contribution in [2.24, 2.45) is 0 Å². The van der Waals surface area contributed by atoms with Gasteiger partial charge in [0.25, 0.3) is 5.91 Å². The summed E-state index contributed by atoms with van der Waals surface area (Å²) in [6, 6.07) is 9.28. The predicted octanol–water partition coefficient (Wildman–Crippen LogP) is 2.17. The summed E-state index contributed by atoms with van der Waals surface area (Å²) in [5.74, 6) is 0.00602. The van der Waals surface area contributed by atoms with Gasteiger partial charge in [-0.15, -0.1) is 0 Å². The summed E-state index contributed by atoms with van der Waals surface area (Å²) in [5.41, 5.74) is 0.723. The van der Waals surface area contributed by atoms with Crippen molar-refractivity contribution >= 4 is 17.7 Å². The van der Waals surface area contributed by atoms with Crippen LogP contribution in [-0.4, -0.2) is 24.0 Å². The topological polar surface area (TPSA) is 29.1 Å². The van der Waals surface area contributed by atoms with Crippen molar-refractivity contribution in [3.8, 4) is 0 Å². The van der Waals surface area contributed by atoms with Gasteiger partial charge in [-0.2, -0.15) is 11.8 Å². The molecule has 2 nitrogen and oxygen atoms in total. The molecule has 76 valence electrons. The smallest absolute Gasteiger partial charge is 0.251 e. The Kier molecular flexibility index (Phi) is 4.53. The molecule has 1 rings (SSSR count). The Balaban J connectivity index is 2.44. The zero-order chi connectivity index (χ0) is 10.4. The van der Waals surface area contributed by atoms with Crippen molar-refractivity contribution in [2.75, 3.05) is 12.8 Å². The summed E-state index contributed by atoms with van der Waals surface area (Å²) in [4.78, 5) is 11.5. The maximum atomic E-state index is 11.5. The zero-order valence-corrected chi connectivity index (χ0v) is 9.30. The predicted molar refractivity (Wildman–Crippen MR) is 61.8 cm³/mol. The molecule has 1 aromatic carbocycles. The number of amides is 1. The number of nitrogens with one attached hydrogen (secondary N) is 1. The standard InChI is InChI=1S/C11H15NOS/c1-9(14-2)8-12-11(13)10-6-4-3-5-7-10/h3-7,9H,8H2,1-2H3,(H,12,13). The van der Waals surface area contributed by atoms with E-state index in [1.807, 2.05) is 36.6 Å². The number of thioether (sulfide) groups is 1. The van der Waals surface area contributed by atoms with Crippen molar-refractivity contribution in [3.63, 3.8) is 0 Å². The van der Waals surface area contributed by atoms with Gasteiger partial charge in [-0.1, -0.05) is 25.1 Å². The molecule has 0 saturated carbocycles. The molecule has 0 aliphatic carbocycles. The van der Waals surface area contributed by atoms with Crippen molar-refractivity contribution in [1.29, 1.82) is 0 Å². The molecule has 1 N–H and O–H groups in total. The van der Waals surface area contributed by atoms with Gasteiger partial charge in [0.05, 0.1) is 0 Å². The van der Waals surface area contributed by atoms with Crippen molar-refractivity contribution in [3.05, 3.63) is 35.9 Å². The average molecular weight is 209 g/mol. The molecule has 0 aliphatic heterocycles. The molecule has 0 saturated heterocycles. The van der Waals surface area contributed by atoms with Crippen LogP contribution in [0.1, 0.15) is 17.3 Å². The van der Waals surface area contributed by atoms with E-state index in [2.05, 4.69) is 12.2 Å². The molecule has 0 aromatic heterocycles. The minimum atomic E-state index is 0.00602. The fraction of sp³-hybridized carbons (Fsp3) is 0.364. The molecule has 3 heteroatoms. The number of benzene rings is 1. The van der Waals surface area contributed by atoms with E-state index < -0.39 is 0 Å². The Morgan fingerprint density at radius 3 is 2.64 bits per heavy atom. The number of hydrogen-bond acceptors (Lipinski definition) is 2. The normalized spacial score (nSPS) is 12.1. The minimum Gasteiger partial charge on any atom is -0.351 e. The van der Waals surface area contributed by atoms with E-state index >= 15 is 0 Å². The van der Waals surface area contributed by atoms with Crippen LogP contribution in [0.3, 0.4) is 0 Å². The Morgan fingerprint density at radius 2 is 2.07 bits per heavy atom. The first-order chi connectivity index (χ1) is 6.74. The molecule has 0 aliphatic rings. The van der Waals surface area contributed by atoms with Gasteiger partial charge in [0.2, 0.25) is 0 Å². The second-order valence-corrected chi connectivity index (χ2v) is 4.40. The van der Waals surface area contributed by atoms with Crippen LogP contribution < -0.4 is 5.32 Å². The monoisotopic (exact) mass is 209 g/mol. The third kappa shape index (κ3) is 3.42. The van der Waals surface area contributed by atoms with Gasteiger partial charge in [-0.05, 0) is 18.4 Å². The van der Waals surface area contributed by atoms with E-state index in [1.54, 1.807) is 11.8 Å². The summed E-state index contributed by atoms with van der Waals surface area (Å²) >= 11 is 1.75. The molecule has 1 amide bonds. The first-order valence-corrected chi connectivity index (χ1v) is 5.89. The molecule has 0 spiro atoms. The highest BCUT2D eigenvalue weighted by molar-refractivity contribution is 7.99. The van der Waals surface area contributed by atoms with Gasteiger partial charge in [0.15, 0.2) is 0 Å². The van der Waals surface area contributed by atoms with Crippen molar-refractivity contribution < 1.29 is 4.79 Å². The molecule has 1 unspecified atom stereocenters. The highest BCUT2D eigenvalue weighted by Crippen LogP contribution is 2.03. The minimum absolute atomic E-state index is 0.00602. The fourth-order valence-corrected chi connectivity index (χ4v) is 1.26. The van der Waals surface area contributed by atoms with Gasteiger partial charge in [-0.25, -0.2) is 0 Å². The van der Waals surface area contributed by atoms with E-state index in [-0.39, 0.29) is 5.91 Å². The SMILES string of the molecule is CSC(C)CNC(=O)c1ccccc1. The average Bonchev–Trinajstić information content (AvgIpc) is 2.26. The summed E-state index contributed by atoms with van der Waals surface area (Å²) in [6.07, 6.45) is 2.04. The molecular weight excluding hydrogens is 194 g/mol. The highest BCUT2D eigenvalue weighted by Gasteiger charge is 2.05. The molecular formula is C11H15NOS. The third-order valence-electron chi connectivity index (χ3n) is 1.99. The Bertz CT molecular complexity index is 287. The molecule has 1 aromatic rings. The second kappa shape index (κ2) is 5.70. The van der Waals surface area contributed by atoms with Crippen LogP contribution in [0.4, 0.5) is 0 Å². The largest absolute Gasteiger partial charge is 0.351 e. The zero-order valence-electron chi connectivity index (χ0n) is 8.49. The molecule has 14 heavy (non-hydrogen) atoms. The lowest BCUT2D eigenvalue weighted by Crippen LogP contribution is -2.29. The highest BCUT2D eigenvalue weighted by atomic mass is 32.2. The fourth-order valence-electron chi connectivity index (χ4n) is 1.01. The van der Waals surface area contributed by atoms with Crippen LogP contribution in [0, 0.1) is 0 Å². The van der Waals surface area contributed by atoms with Crippen LogP contribution >= 0.6 is 11.8 Å². The van der Waals surface area contributed by atoms with Crippen LogP contribution in [0.5, 0.6) is 0 Å². The van der Waals surface area contributed by atoms with E-state index in [1.165, 1.54) is 0 Å². The summed E-state index contributed by atoms with van der Waals surface area (Å²) in [5, 5.41) is 3.35. The van der Waals surface area contributed by atoms with Crippen molar-refractivity contribution in [1.82, 2.24) is 5.32 Å². The lowest BCUT2D eigenvalue weighted by Gasteiger charge is -2.09. The van der Waals surface area contributed by atoms with Gasteiger partial charge >= 0.3 is 0 Å². The quantitative estimate of drug-likeness (QED) is 0.823.